The second-order valence-corrected chi connectivity index (χ2v) is 5.92. The summed E-state index contributed by atoms with van der Waals surface area (Å²) < 4.78 is 1.56. The van der Waals surface area contributed by atoms with E-state index in [0.29, 0.717) is 28.1 Å². The van der Waals surface area contributed by atoms with E-state index in [2.05, 4.69) is 26.2 Å². The molecule has 10 heteroatoms. The summed E-state index contributed by atoms with van der Waals surface area (Å²) in [4.78, 5) is 11.9. The van der Waals surface area contributed by atoms with E-state index >= 15 is 0 Å². The normalized spacial score (nSPS) is 10.8. The second-order valence-electron chi connectivity index (χ2n) is 4.67. The summed E-state index contributed by atoms with van der Waals surface area (Å²) in [7, 11) is 0. The van der Waals surface area contributed by atoms with Gasteiger partial charge in [-0.3, -0.25) is 15.4 Å². The number of nitrogens with one attached hydrogen (secondary N) is 2. The summed E-state index contributed by atoms with van der Waals surface area (Å²) >= 11 is 16.9. The van der Waals surface area contributed by atoms with Crippen molar-refractivity contribution in [2.24, 2.45) is 0 Å². The number of halogens is 2. The monoisotopic (exact) mass is 384 g/mol. The summed E-state index contributed by atoms with van der Waals surface area (Å²) in [5.74, 6) is -0.0418. The van der Waals surface area contributed by atoms with Crippen molar-refractivity contribution in [2.75, 3.05) is 5.32 Å². The van der Waals surface area contributed by atoms with Crippen LogP contribution in [-0.4, -0.2) is 31.2 Å². The number of tetrazole rings is 1. The predicted molar refractivity (Wildman–Crippen MR) is 98.0 cm³/mol. The SMILES string of the molecule is CCCn1nnnc1NC(=S)NC(=O)C=Cc1ccc(Cl)cc1Cl. The van der Waals surface area contributed by atoms with Gasteiger partial charge in [0.25, 0.3) is 0 Å². The van der Waals surface area contributed by atoms with Gasteiger partial charge < -0.3 is 0 Å². The molecular weight excluding hydrogens is 371 g/mol. The van der Waals surface area contributed by atoms with Gasteiger partial charge in [0.15, 0.2) is 5.11 Å². The maximum atomic E-state index is 11.9. The van der Waals surface area contributed by atoms with Crippen LogP contribution in [0, 0.1) is 0 Å². The molecule has 1 aromatic carbocycles. The molecule has 7 nitrogen and oxygen atoms in total. The van der Waals surface area contributed by atoms with Crippen LogP contribution in [0.2, 0.25) is 10.0 Å². The molecule has 0 aliphatic heterocycles. The number of hydrogen-bond donors (Lipinski definition) is 2. The Labute approximate surface area is 154 Å². The Hall–Kier alpha value is -2.03. The van der Waals surface area contributed by atoms with E-state index < -0.39 is 5.91 Å². The number of anilines is 1. The molecule has 1 amide bonds. The van der Waals surface area contributed by atoms with Gasteiger partial charge in [0.2, 0.25) is 11.9 Å². The van der Waals surface area contributed by atoms with E-state index in [1.54, 1.807) is 29.0 Å². The molecule has 0 aliphatic carbocycles. The van der Waals surface area contributed by atoms with Gasteiger partial charge in [0.1, 0.15) is 0 Å². The molecule has 2 N–H and O–H groups in total. The fraction of sp³-hybridized carbons (Fsp3) is 0.214. The van der Waals surface area contributed by atoms with E-state index in [1.807, 2.05) is 6.92 Å². The Kier molecular flexibility index (Phi) is 6.65. The molecule has 0 saturated carbocycles. The Balaban J connectivity index is 1.92. The fourth-order valence-corrected chi connectivity index (χ4v) is 2.41. The molecule has 0 fully saturated rings. The number of aryl methyl sites for hydroxylation is 1. The lowest BCUT2D eigenvalue weighted by atomic mass is 10.2. The topological polar surface area (TPSA) is 84.7 Å². The number of carbonyl (C=O) groups excluding carboxylic acids is 1. The number of amides is 1. The third-order valence-corrected chi connectivity index (χ3v) is 3.57. The number of benzene rings is 1. The molecule has 0 saturated heterocycles. The highest BCUT2D eigenvalue weighted by molar-refractivity contribution is 7.80. The number of rotatable bonds is 5. The van der Waals surface area contributed by atoms with E-state index in [0.717, 1.165) is 6.42 Å². The minimum absolute atomic E-state index is 0.0963. The van der Waals surface area contributed by atoms with Crippen LogP contribution < -0.4 is 10.6 Å². The van der Waals surface area contributed by atoms with Crippen molar-refractivity contribution in [1.29, 1.82) is 0 Å². The van der Waals surface area contributed by atoms with Crippen molar-refractivity contribution in [2.45, 2.75) is 19.9 Å². The third-order valence-electron chi connectivity index (χ3n) is 2.81. The Morgan fingerprint density at radius 1 is 1.42 bits per heavy atom. The minimum atomic E-state index is -0.409. The van der Waals surface area contributed by atoms with E-state index in [9.17, 15) is 4.79 Å². The summed E-state index contributed by atoms with van der Waals surface area (Å²) in [6.07, 6.45) is 3.75. The lowest BCUT2D eigenvalue weighted by Crippen LogP contribution is -2.33. The average molecular weight is 385 g/mol. The molecule has 2 rings (SSSR count). The highest BCUT2D eigenvalue weighted by Gasteiger charge is 2.08. The highest BCUT2D eigenvalue weighted by atomic mass is 35.5. The molecule has 0 aliphatic rings. The van der Waals surface area contributed by atoms with Gasteiger partial charge in [0.05, 0.1) is 0 Å². The van der Waals surface area contributed by atoms with Gasteiger partial charge in [-0.05, 0) is 52.8 Å². The first-order valence-corrected chi connectivity index (χ1v) is 8.17. The standard InChI is InChI=1S/C14H14Cl2N6OS/c1-2-7-22-13(19-20-21-22)18-14(24)17-12(23)6-4-9-3-5-10(15)8-11(9)16/h3-6,8H,2,7H2,1H3,(H2,17,18,19,21,23,24). The predicted octanol–water partition coefficient (Wildman–Crippen LogP) is 2.92. The molecule has 0 unspecified atom stereocenters. The molecule has 126 valence electrons. The van der Waals surface area contributed by atoms with Crippen molar-refractivity contribution in [3.8, 4) is 0 Å². The molecule has 0 bridgehead atoms. The lowest BCUT2D eigenvalue weighted by Gasteiger charge is -2.07. The third kappa shape index (κ3) is 5.26. The molecule has 24 heavy (non-hydrogen) atoms. The number of carbonyl (C=O) groups is 1. The zero-order chi connectivity index (χ0) is 17.5. The van der Waals surface area contributed by atoms with Gasteiger partial charge in [0, 0.05) is 22.7 Å². The number of nitrogens with zero attached hydrogens (tertiary/aromatic N) is 4. The summed E-state index contributed by atoms with van der Waals surface area (Å²) in [6, 6.07) is 5.00. The maximum absolute atomic E-state index is 11.9. The zero-order valence-electron chi connectivity index (χ0n) is 12.7. The Morgan fingerprint density at radius 3 is 2.92 bits per heavy atom. The van der Waals surface area contributed by atoms with Crippen molar-refractivity contribution < 1.29 is 4.79 Å². The second kappa shape index (κ2) is 8.72. The Morgan fingerprint density at radius 2 is 2.21 bits per heavy atom. The lowest BCUT2D eigenvalue weighted by molar-refractivity contribution is -0.115. The minimum Gasteiger partial charge on any atom is -0.300 e. The van der Waals surface area contributed by atoms with E-state index in [1.165, 1.54) is 6.08 Å². The molecule has 2 aromatic rings. The first kappa shape index (κ1) is 18.3. The van der Waals surface area contributed by atoms with Crippen LogP contribution in [0.3, 0.4) is 0 Å². The summed E-state index contributed by atoms with van der Waals surface area (Å²) in [5, 5.41) is 17.5. The molecular formula is C14H14Cl2N6OS. The molecule has 1 aromatic heterocycles. The fourth-order valence-electron chi connectivity index (χ4n) is 1.75. The first-order chi connectivity index (χ1) is 11.5. The zero-order valence-corrected chi connectivity index (χ0v) is 15.0. The molecule has 1 heterocycles. The number of hydrogen-bond acceptors (Lipinski definition) is 5. The van der Waals surface area contributed by atoms with Crippen molar-refractivity contribution >= 4 is 58.5 Å². The number of aromatic nitrogens is 4. The van der Waals surface area contributed by atoms with Crippen LogP contribution in [0.5, 0.6) is 0 Å². The van der Waals surface area contributed by atoms with Gasteiger partial charge in [-0.2, -0.15) is 0 Å². The van der Waals surface area contributed by atoms with Crippen LogP contribution >= 0.6 is 35.4 Å². The summed E-state index contributed by atoms with van der Waals surface area (Å²) in [5.41, 5.74) is 0.669. The smallest absolute Gasteiger partial charge is 0.250 e. The highest BCUT2D eigenvalue weighted by Crippen LogP contribution is 2.21. The molecule has 0 spiro atoms. The van der Waals surface area contributed by atoms with Crippen LogP contribution in [0.4, 0.5) is 5.95 Å². The van der Waals surface area contributed by atoms with Crippen molar-refractivity contribution in [3.05, 3.63) is 39.9 Å². The van der Waals surface area contributed by atoms with Gasteiger partial charge >= 0.3 is 0 Å². The van der Waals surface area contributed by atoms with Gasteiger partial charge in [-0.1, -0.05) is 41.3 Å². The van der Waals surface area contributed by atoms with Gasteiger partial charge in [-0.15, -0.1) is 0 Å². The number of thiocarbonyl (C=S) groups is 1. The van der Waals surface area contributed by atoms with E-state index in [-0.39, 0.29) is 5.11 Å². The van der Waals surface area contributed by atoms with E-state index in [4.69, 9.17) is 35.4 Å². The van der Waals surface area contributed by atoms with Crippen molar-refractivity contribution in [1.82, 2.24) is 25.5 Å². The van der Waals surface area contributed by atoms with Crippen molar-refractivity contribution in [3.63, 3.8) is 0 Å². The van der Waals surface area contributed by atoms with Gasteiger partial charge in [-0.25, -0.2) is 4.68 Å². The Bertz CT molecular complexity index is 776. The molecule has 0 atom stereocenters. The average Bonchev–Trinajstić information content (AvgIpc) is 2.93. The van der Waals surface area contributed by atoms with Crippen LogP contribution in [0.15, 0.2) is 24.3 Å². The van der Waals surface area contributed by atoms with Crippen LogP contribution in [0.1, 0.15) is 18.9 Å². The largest absolute Gasteiger partial charge is 0.300 e. The molecule has 0 radical (unpaired) electrons. The first-order valence-electron chi connectivity index (χ1n) is 7.01. The maximum Gasteiger partial charge on any atom is 0.250 e. The van der Waals surface area contributed by atoms with Crippen LogP contribution in [0.25, 0.3) is 6.08 Å². The van der Waals surface area contributed by atoms with Crippen LogP contribution in [-0.2, 0) is 11.3 Å². The quantitative estimate of drug-likeness (QED) is 0.608. The summed E-state index contributed by atoms with van der Waals surface area (Å²) in [6.45, 7) is 2.64.